The number of esters is 1. The summed E-state index contributed by atoms with van der Waals surface area (Å²) in [6.07, 6.45) is -53.0. The van der Waals surface area contributed by atoms with Gasteiger partial charge in [-0.1, -0.05) is 84.0 Å². The third kappa shape index (κ3) is 14.5. The van der Waals surface area contributed by atoms with Crippen LogP contribution in [0.5, 0.6) is 0 Å². The second kappa shape index (κ2) is 21.4. The number of alkyl halides is 24. The number of carbonyl (C=O) groups is 1. The van der Waals surface area contributed by atoms with Crippen molar-refractivity contribution in [3.05, 3.63) is 194 Å². The number of halogens is 24. The molecule has 412 valence electrons. The number of benzene rings is 5. The summed E-state index contributed by atoms with van der Waals surface area (Å²) < 4.78 is 347. The summed E-state index contributed by atoms with van der Waals surface area (Å²) in [7, 11) is 0. The van der Waals surface area contributed by atoms with Crippen LogP contribution < -0.4 is 26.4 Å². The van der Waals surface area contributed by atoms with Crippen LogP contribution in [0.1, 0.15) is 60.6 Å². The minimum Gasteiger partial charge on any atom is -0.452 e. The van der Waals surface area contributed by atoms with Crippen LogP contribution in [0.15, 0.2) is 133 Å². The van der Waals surface area contributed by atoms with Gasteiger partial charge in [0, 0.05) is 22.6 Å². The van der Waals surface area contributed by atoms with Crippen molar-refractivity contribution < 1.29 is 119 Å². The topological polar surface area (TPSA) is 78.9 Å². The van der Waals surface area contributed by atoms with E-state index in [9.17, 15) is 110 Å². The van der Waals surface area contributed by atoms with E-state index in [1.165, 1.54) is 0 Å². The minimum atomic E-state index is -6.13. The van der Waals surface area contributed by atoms with Crippen LogP contribution in [0, 0.1) is 0 Å². The average Bonchev–Trinajstić information content (AvgIpc) is 3.30. The Bertz CT molecular complexity index is 2710. The fourth-order valence-electron chi connectivity index (χ4n) is 7.84. The molecular weight excluding hydrogens is 1110 g/mol. The third-order valence-electron chi connectivity index (χ3n) is 11.1. The minimum absolute atomic E-state index is 0.310. The average molecular weight is 1130 g/mol. The Morgan fingerprint density at radius 2 is 0.701 bits per heavy atom. The summed E-state index contributed by atoms with van der Waals surface area (Å²) in [6.45, 7) is 0.253. The molecule has 0 aliphatic heterocycles. The second-order valence-electron chi connectivity index (χ2n) is 16.2. The molecule has 1 aromatic heterocycles. The van der Waals surface area contributed by atoms with Gasteiger partial charge in [0.2, 0.25) is 0 Å². The lowest BCUT2D eigenvalue weighted by Gasteiger charge is -2.46. The summed E-state index contributed by atoms with van der Waals surface area (Å²) in [5.41, 5.74) is -20.6. The van der Waals surface area contributed by atoms with Crippen LogP contribution >= 0.6 is 0 Å². The van der Waals surface area contributed by atoms with Gasteiger partial charge in [-0.2, -0.15) is 132 Å². The molecule has 31 heteroatoms. The standard InChI is InChI=1S/C32H12BF24.C14H13N4O2/c34-25(35,36)13-1-14(26(37,38)39)6-21(5-13)33(22-7-15(27(40,41)42)2-16(8-22)28(43,44)45,23-9-17(29(46,47)48)3-18(10-23)30(49,50)51)24-11-19(31(52,53)54)4-20(12-24)32(55,56)57;15-17-16-11-20-14(19)13-8-4-5-9-18(13)10-12-6-2-1-3-7-12/h1-12H;1-9H,10-11H2/q-1;+1. The van der Waals surface area contributed by atoms with Gasteiger partial charge in [0.1, 0.15) is 6.15 Å². The monoisotopic (exact) mass is 1130 g/mol. The second-order valence-corrected chi connectivity index (χ2v) is 16.2. The number of aromatic nitrogens is 1. The predicted molar refractivity (Wildman–Crippen MR) is 222 cm³/mol. The molecule has 6 aromatic rings. The van der Waals surface area contributed by atoms with E-state index in [1.807, 2.05) is 36.4 Å². The fourth-order valence-corrected chi connectivity index (χ4v) is 7.84. The van der Waals surface area contributed by atoms with Gasteiger partial charge in [0.05, 0.1) is 44.5 Å². The quantitative estimate of drug-likeness (QED) is 0.0275. The molecule has 0 N–H and O–H groups in total. The Morgan fingerprint density at radius 3 is 0.961 bits per heavy atom. The zero-order valence-corrected chi connectivity index (χ0v) is 37.3. The molecule has 5 aromatic carbocycles. The first-order valence-electron chi connectivity index (χ1n) is 20.6. The predicted octanol–water partition coefficient (Wildman–Crippen LogP) is 13.7. The van der Waals surface area contributed by atoms with Crippen molar-refractivity contribution in [2.24, 2.45) is 5.11 Å². The highest BCUT2D eigenvalue weighted by molar-refractivity contribution is 7.20. The molecule has 0 saturated heterocycles. The summed E-state index contributed by atoms with van der Waals surface area (Å²) in [5, 5.41) is 3.18. The maximum atomic E-state index is 14.2. The zero-order valence-electron chi connectivity index (χ0n) is 37.3. The van der Waals surface area contributed by atoms with Crippen molar-refractivity contribution in [1.82, 2.24) is 0 Å². The Balaban J connectivity index is 0.000000455. The number of pyridine rings is 1. The van der Waals surface area contributed by atoms with E-state index in [0.29, 0.717) is 12.2 Å². The van der Waals surface area contributed by atoms with Crippen molar-refractivity contribution in [2.75, 3.05) is 6.73 Å². The van der Waals surface area contributed by atoms with E-state index in [-0.39, 0.29) is 6.73 Å². The number of nitrogens with zero attached hydrogens (tertiary/aromatic N) is 4. The van der Waals surface area contributed by atoms with E-state index in [2.05, 4.69) is 10.0 Å². The van der Waals surface area contributed by atoms with Crippen molar-refractivity contribution >= 4 is 34.0 Å². The maximum Gasteiger partial charge on any atom is 0.416 e. The summed E-state index contributed by atoms with van der Waals surface area (Å²) in [6, 6.07) is 6.24. The van der Waals surface area contributed by atoms with Crippen LogP contribution in [-0.4, -0.2) is 18.8 Å². The smallest absolute Gasteiger partial charge is 0.416 e. The van der Waals surface area contributed by atoms with Crippen molar-refractivity contribution in [3.63, 3.8) is 0 Å². The first-order valence-corrected chi connectivity index (χ1v) is 20.6. The highest BCUT2D eigenvalue weighted by Crippen LogP contribution is 2.41. The Kier molecular flexibility index (Phi) is 16.8. The number of hydrogen-bond donors (Lipinski definition) is 0. The number of azide groups is 1. The molecule has 0 aliphatic rings. The SMILES string of the molecule is FC(F)(F)c1cc([B-](c2cc(C(F)(F)F)cc(C(F)(F)F)c2)(c2cc(C(F)(F)F)cc(C(F)(F)F)c2)c2cc(C(F)(F)F)cc(C(F)(F)F)c2)cc(C(F)(F)F)c1.[N-]=[N+]=NCOC(=O)c1cccc[n+]1Cc1ccccc1. The van der Waals surface area contributed by atoms with Crippen molar-refractivity contribution in [3.8, 4) is 0 Å². The maximum absolute atomic E-state index is 14.2. The normalized spacial score (nSPS) is 13.1. The van der Waals surface area contributed by atoms with Crippen LogP contribution in [0.25, 0.3) is 10.4 Å². The van der Waals surface area contributed by atoms with Crippen molar-refractivity contribution in [1.29, 1.82) is 0 Å². The number of hydrogen-bond acceptors (Lipinski definition) is 3. The first kappa shape index (κ1) is 60.3. The molecular formula is C46H25BF24N4O2. The third-order valence-corrected chi connectivity index (χ3v) is 11.1. The lowest BCUT2D eigenvalue weighted by Crippen LogP contribution is -2.75. The molecule has 6 rings (SSSR count). The largest absolute Gasteiger partial charge is 0.452 e. The highest BCUT2D eigenvalue weighted by Gasteiger charge is 2.47. The Morgan fingerprint density at radius 1 is 0.429 bits per heavy atom. The number of carbonyl (C=O) groups excluding carboxylic acids is 1. The summed E-state index contributed by atoms with van der Waals surface area (Å²) in [5.74, 6) is -0.520. The molecule has 77 heavy (non-hydrogen) atoms. The summed E-state index contributed by atoms with van der Waals surface area (Å²) in [4.78, 5) is 14.4. The molecule has 0 atom stereocenters. The zero-order chi connectivity index (χ0) is 58.1. The van der Waals surface area contributed by atoms with Gasteiger partial charge in [-0.3, -0.25) is 0 Å². The van der Waals surface area contributed by atoms with Gasteiger partial charge in [0.15, 0.2) is 19.5 Å². The van der Waals surface area contributed by atoms with E-state index in [4.69, 9.17) is 10.3 Å². The molecule has 6 nitrogen and oxygen atoms in total. The van der Waals surface area contributed by atoms with Crippen LogP contribution in [-0.2, 0) is 60.7 Å². The van der Waals surface area contributed by atoms with Gasteiger partial charge >= 0.3 is 55.4 Å². The Labute approximate surface area is 414 Å². The van der Waals surface area contributed by atoms with Gasteiger partial charge in [0.25, 0.3) is 5.69 Å². The lowest BCUT2D eigenvalue weighted by atomic mass is 9.12. The molecule has 1 heterocycles. The van der Waals surface area contributed by atoms with E-state index < -0.39 is 201 Å². The van der Waals surface area contributed by atoms with Crippen LogP contribution in [0.2, 0.25) is 0 Å². The van der Waals surface area contributed by atoms with Gasteiger partial charge in [-0.15, -0.1) is 0 Å². The van der Waals surface area contributed by atoms with Gasteiger partial charge < -0.3 is 4.74 Å². The van der Waals surface area contributed by atoms with E-state index >= 15 is 0 Å². The van der Waals surface area contributed by atoms with Crippen LogP contribution in [0.3, 0.4) is 0 Å². The number of ether oxygens (including phenoxy) is 1. The number of rotatable bonds is 9. The fraction of sp³-hybridized carbons (Fsp3) is 0.217. The van der Waals surface area contributed by atoms with Crippen molar-refractivity contribution in [2.45, 2.75) is 56.0 Å². The lowest BCUT2D eigenvalue weighted by molar-refractivity contribution is -0.690. The summed E-state index contributed by atoms with van der Waals surface area (Å²) >= 11 is 0. The van der Waals surface area contributed by atoms with Gasteiger partial charge in [-0.05, 0) is 35.9 Å². The highest BCUT2D eigenvalue weighted by atomic mass is 19.4. The van der Waals surface area contributed by atoms with E-state index in [0.717, 1.165) is 5.56 Å². The molecule has 0 saturated carbocycles. The molecule has 0 aliphatic carbocycles. The molecule has 0 amide bonds. The molecule has 0 radical (unpaired) electrons. The first-order chi connectivity index (χ1) is 35.1. The molecule has 0 fully saturated rings. The van der Waals surface area contributed by atoms with E-state index in [1.54, 1.807) is 22.9 Å². The molecule has 0 bridgehead atoms. The molecule has 0 spiro atoms. The van der Waals surface area contributed by atoms with Crippen LogP contribution in [0.4, 0.5) is 105 Å². The van der Waals surface area contributed by atoms with Gasteiger partial charge in [-0.25, -0.2) is 4.79 Å². The molecule has 0 unspecified atom stereocenters. The Hall–Kier alpha value is -7.59.